The second-order valence-corrected chi connectivity index (χ2v) is 5.38. The normalized spacial score (nSPS) is 17.5. The van der Waals surface area contributed by atoms with Crippen molar-refractivity contribution in [3.63, 3.8) is 0 Å². The van der Waals surface area contributed by atoms with Crippen molar-refractivity contribution in [2.24, 2.45) is 5.92 Å². The Balaban J connectivity index is 4.63. The summed E-state index contributed by atoms with van der Waals surface area (Å²) in [6, 6.07) is 0.834. The first kappa shape index (κ1) is 13.9. The third-order valence-electron chi connectivity index (χ3n) is 2.14. The van der Waals surface area contributed by atoms with Crippen LogP contribution in [-0.4, -0.2) is 30.8 Å². The molecule has 7 heteroatoms. The third kappa shape index (κ3) is 3.85. The molecule has 0 saturated carbocycles. The van der Waals surface area contributed by atoms with Crippen molar-refractivity contribution in [1.29, 1.82) is 5.26 Å². The van der Waals surface area contributed by atoms with Gasteiger partial charge in [0.1, 0.15) is 0 Å². The van der Waals surface area contributed by atoms with Crippen molar-refractivity contribution in [3.8, 4) is 6.07 Å². The first-order valence-electron chi connectivity index (χ1n) is 4.36. The molecule has 0 aliphatic rings. The maximum atomic E-state index is 11.4. The Morgan fingerprint density at radius 1 is 1.40 bits per heavy atom. The molecule has 0 aliphatic heterocycles. The molecule has 0 aliphatic carbocycles. The van der Waals surface area contributed by atoms with Gasteiger partial charge in [-0.3, -0.25) is 4.79 Å². The predicted molar refractivity (Wildman–Crippen MR) is 53.4 cm³/mol. The van der Waals surface area contributed by atoms with Crippen LogP contribution in [0.15, 0.2) is 0 Å². The van der Waals surface area contributed by atoms with Crippen molar-refractivity contribution in [2.45, 2.75) is 32.1 Å². The van der Waals surface area contributed by atoms with Crippen LogP contribution < -0.4 is 4.72 Å². The Morgan fingerprint density at radius 2 is 1.87 bits per heavy atom. The highest BCUT2D eigenvalue weighted by molar-refractivity contribution is 7.90. The Morgan fingerprint density at radius 3 is 2.20 bits per heavy atom. The molecule has 3 atom stereocenters. The fourth-order valence-corrected chi connectivity index (χ4v) is 1.81. The Hall–Kier alpha value is -1.13. The smallest absolute Gasteiger partial charge is 0.307 e. The Kier molecular flexibility index (Phi) is 4.71. The number of aliphatic carboxylic acids is 1. The van der Waals surface area contributed by atoms with E-state index < -0.39 is 33.2 Å². The number of hydrogen-bond donors (Lipinski definition) is 2. The molecule has 3 unspecified atom stereocenters. The van der Waals surface area contributed by atoms with E-state index in [9.17, 15) is 13.2 Å². The number of carbonyl (C=O) groups is 1. The standard InChI is InChI=1S/C8H14N2O4S/c1-5(4-9)15(13,14)10-7(3)6(2)8(11)12/h5-7,10H,1-3H3,(H,11,12). The molecule has 0 amide bonds. The van der Waals surface area contributed by atoms with Crippen LogP contribution in [0.4, 0.5) is 0 Å². The number of sulfonamides is 1. The molecule has 0 aromatic carbocycles. The van der Waals surface area contributed by atoms with E-state index in [-0.39, 0.29) is 0 Å². The zero-order valence-corrected chi connectivity index (χ0v) is 9.58. The highest BCUT2D eigenvalue weighted by Gasteiger charge is 2.27. The molecule has 0 spiro atoms. The van der Waals surface area contributed by atoms with Crippen LogP contribution in [-0.2, 0) is 14.8 Å². The Bertz CT molecular complexity index is 371. The van der Waals surface area contributed by atoms with E-state index in [2.05, 4.69) is 4.72 Å². The third-order valence-corrected chi connectivity index (χ3v) is 3.87. The van der Waals surface area contributed by atoms with Gasteiger partial charge in [-0.05, 0) is 13.8 Å². The highest BCUT2D eigenvalue weighted by Crippen LogP contribution is 2.06. The van der Waals surface area contributed by atoms with Gasteiger partial charge in [0.2, 0.25) is 10.0 Å². The van der Waals surface area contributed by atoms with E-state index >= 15 is 0 Å². The fourth-order valence-electron chi connectivity index (χ4n) is 0.746. The van der Waals surface area contributed by atoms with Crippen molar-refractivity contribution in [2.75, 3.05) is 0 Å². The zero-order chi connectivity index (χ0) is 12.2. The second kappa shape index (κ2) is 5.09. The number of rotatable bonds is 5. The SMILES string of the molecule is CC(NS(=O)(=O)C(C)C#N)C(C)C(=O)O. The highest BCUT2D eigenvalue weighted by atomic mass is 32.2. The van der Waals surface area contributed by atoms with Crippen molar-refractivity contribution in [3.05, 3.63) is 0 Å². The molecule has 0 fully saturated rings. The molecular formula is C8H14N2O4S. The molecule has 6 nitrogen and oxygen atoms in total. The maximum Gasteiger partial charge on any atom is 0.307 e. The number of hydrogen-bond acceptors (Lipinski definition) is 4. The number of nitriles is 1. The summed E-state index contributed by atoms with van der Waals surface area (Å²) < 4.78 is 24.9. The molecule has 0 aromatic heterocycles. The van der Waals surface area contributed by atoms with Gasteiger partial charge in [-0.2, -0.15) is 5.26 Å². The first-order chi connectivity index (χ1) is 6.72. The van der Waals surface area contributed by atoms with Gasteiger partial charge < -0.3 is 5.11 Å². The molecule has 0 radical (unpaired) electrons. The van der Waals surface area contributed by atoms with Crippen molar-refractivity contribution < 1.29 is 18.3 Å². The lowest BCUT2D eigenvalue weighted by Crippen LogP contribution is -2.43. The maximum absolute atomic E-state index is 11.4. The average Bonchev–Trinajstić information content (AvgIpc) is 2.14. The lowest BCUT2D eigenvalue weighted by molar-refractivity contribution is -0.141. The Labute approximate surface area is 89.0 Å². The zero-order valence-electron chi connectivity index (χ0n) is 8.76. The summed E-state index contributed by atoms with van der Waals surface area (Å²) in [4.78, 5) is 10.6. The summed E-state index contributed by atoms with van der Waals surface area (Å²) in [5, 5.41) is 15.9. The van der Waals surface area contributed by atoms with Gasteiger partial charge in [-0.1, -0.05) is 6.92 Å². The van der Waals surface area contributed by atoms with Crippen LogP contribution in [0.5, 0.6) is 0 Å². The van der Waals surface area contributed by atoms with E-state index in [1.165, 1.54) is 20.8 Å². The summed E-state index contributed by atoms with van der Waals surface area (Å²) in [6.07, 6.45) is 0. The summed E-state index contributed by atoms with van der Waals surface area (Å²) in [6.45, 7) is 4.08. The van der Waals surface area contributed by atoms with E-state index in [1.54, 1.807) is 6.07 Å². The van der Waals surface area contributed by atoms with Crippen molar-refractivity contribution >= 4 is 16.0 Å². The summed E-state index contributed by atoms with van der Waals surface area (Å²) >= 11 is 0. The minimum Gasteiger partial charge on any atom is -0.481 e. The molecule has 0 heterocycles. The number of nitrogens with zero attached hydrogens (tertiary/aromatic N) is 1. The summed E-state index contributed by atoms with van der Waals surface area (Å²) in [7, 11) is -3.76. The number of carboxylic acids is 1. The summed E-state index contributed by atoms with van der Waals surface area (Å²) in [5.74, 6) is -1.93. The number of carboxylic acid groups (broad SMARTS) is 1. The summed E-state index contributed by atoms with van der Waals surface area (Å²) in [5.41, 5.74) is 0. The molecule has 2 N–H and O–H groups in total. The van der Waals surface area contributed by atoms with E-state index in [4.69, 9.17) is 10.4 Å². The predicted octanol–water partition coefficient (Wildman–Crippen LogP) is -0.0729. The van der Waals surface area contributed by atoms with Crippen LogP contribution in [0.1, 0.15) is 20.8 Å². The van der Waals surface area contributed by atoms with Crippen LogP contribution >= 0.6 is 0 Å². The molecule has 0 saturated heterocycles. The molecule has 86 valence electrons. The van der Waals surface area contributed by atoms with Gasteiger partial charge in [0.25, 0.3) is 0 Å². The van der Waals surface area contributed by atoms with E-state index in [1.807, 2.05) is 0 Å². The average molecular weight is 234 g/mol. The van der Waals surface area contributed by atoms with Gasteiger partial charge in [-0.15, -0.1) is 0 Å². The van der Waals surface area contributed by atoms with Crippen LogP contribution in [0.2, 0.25) is 0 Å². The first-order valence-corrected chi connectivity index (χ1v) is 5.90. The molecular weight excluding hydrogens is 220 g/mol. The van der Waals surface area contributed by atoms with E-state index in [0.717, 1.165) is 0 Å². The van der Waals surface area contributed by atoms with Crippen LogP contribution in [0.25, 0.3) is 0 Å². The molecule has 0 rings (SSSR count). The molecule has 15 heavy (non-hydrogen) atoms. The lowest BCUT2D eigenvalue weighted by Gasteiger charge is -2.18. The minimum absolute atomic E-state index is 0.747. The quantitative estimate of drug-likeness (QED) is 0.692. The largest absolute Gasteiger partial charge is 0.481 e. The topological polar surface area (TPSA) is 107 Å². The minimum atomic E-state index is -3.76. The van der Waals surface area contributed by atoms with Crippen LogP contribution in [0.3, 0.4) is 0 Å². The number of nitrogens with one attached hydrogen (secondary N) is 1. The van der Waals surface area contributed by atoms with E-state index in [0.29, 0.717) is 0 Å². The molecule has 0 bridgehead atoms. The van der Waals surface area contributed by atoms with Gasteiger partial charge in [0, 0.05) is 6.04 Å². The fraction of sp³-hybridized carbons (Fsp3) is 0.750. The second-order valence-electron chi connectivity index (χ2n) is 3.35. The monoisotopic (exact) mass is 234 g/mol. The van der Waals surface area contributed by atoms with Crippen LogP contribution in [0, 0.1) is 17.2 Å². The van der Waals surface area contributed by atoms with Gasteiger partial charge in [0.05, 0.1) is 12.0 Å². The van der Waals surface area contributed by atoms with Gasteiger partial charge >= 0.3 is 5.97 Å². The van der Waals surface area contributed by atoms with Gasteiger partial charge in [0.15, 0.2) is 5.25 Å². The lowest BCUT2D eigenvalue weighted by atomic mass is 10.1. The van der Waals surface area contributed by atoms with Crippen molar-refractivity contribution in [1.82, 2.24) is 4.72 Å². The van der Waals surface area contributed by atoms with Gasteiger partial charge in [-0.25, -0.2) is 13.1 Å². The molecule has 0 aromatic rings.